The lowest BCUT2D eigenvalue weighted by molar-refractivity contribution is -0.274. The summed E-state index contributed by atoms with van der Waals surface area (Å²) in [4.78, 5) is 38.7. The number of fused-ring (bicyclic) bond motifs is 1. The number of rotatable bonds is 6. The summed E-state index contributed by atoms with van der Waals surface area (Å²) in [5, 5.41) is 15.3. The molecule has 1 aromatic heterocycles. The molecular weight excluding hydrogens is 473 g/mol. The summed E-state index contributed by atoms with van der Waals surface area (Å²) >= 11 is 1.31. The van der Waals surface area contributed by atoms with E-state index in [0.29, 0.717) is 29.8 Å². The summed E-state index contributed by atoms with van der Waals surface area (Å²) in [6.45, 7) is 0. The average molecular weight is 497 g/mol. The van der Waals surface area contributed by atoms with Crippen LogP contribution >= 0.6 is 11.3 Å². The number of carbonyl (C=O) groups is 3. The van der Waals surface area contributed by atoms with Gasteiger partial charge in [0.15, 0.2) is 0 Å². The first-order valence-corrected chi connectivity index (χ1v) is 11.8. The summed E-state index contributed by atoms with van der Waals surface area (Å²) in [5.41, 5.74) is 1.44. The van der Waals surface area contributed by atoms with Crippen molar-refractivity contribution >= 4 is 39.8 Å². The van der Waals surface area contributed by atoms with E-state index in [0.717, 1.165) is 48.3 Å². The fraction of sp³-hybridized carbons (Fsp3) is 0.435. The summed E-state index contributed by atoms with van der Waals surface area (Å²) in [6, 6.07) is 4.78. The van der Waals surface area contributed by atoms with Gasteiger partial charge in [0.25, 0.3) is 5.91 Å². The van der Waals surface area contributed by atoms with Gasteiger partial charge in [-0.2, -0.15) is 0 Å². The number of amides is 2. The largest absolute Gasteiger partial charge is 0.573 e. The fourth-order valence-electron chi connectivity index (χ4n) is 4.61. The van der Waals surface area contributed by atoms with E-state index in [9.17, 15) is 32.7 Å². The van der Waals surface area contributed by atoms with Gasteiger partial charge in [-0.3, -0.25) is 14.4 Å². The molecule has 2 atom stereocenters. The Bertz CT molecular complexity index is 1100. The van der Waals surface area contributed by atoms with E-state index in [4.69, 9.17) is 0 Å². The van der Waals surface area contributed by atoms with Crippen molar-refractivity contribution in [2.45, 2.75) is 51.3 Å². The summed E-state index contributed by atoms with van der Waals surface area (Å²) in [6.07, 6.45) is -0.0447. The summed E-state index contributed by atoms with van der Waals surface area (Å²) in [5.74, 6) is -3.72. The molecule has 34 heavy (non-hydrogen) atoms. The van der Waals surface area contributed by atoms with E-state index in [2.05, 4.69) is 15.4 Å². The quantitative estimate of drug-likeness (QED) is 0.509. The zero-order valence-electron chi connectivity index (χ0n) is 18.0. The molecule has 182 valence electrons. The van der Waals surface area contributed by atoms with Gasteiger partial charge in [0, 0.05) is 10.6 Å². The van der Waals surface area contributed by atoms with E-state index in [1.807, 2.05) is 0 Å². The maximum Gasteiger partial charge on any atom is 0.573 e. The first kappa shape index (κ1) is 24.1. The van der Waals surface area contributed by atoms with Crippen molar-refractivity contribution in [3.63, 3.8) is 0 Å². The number of hydrogen-bond donors (Lipinski definition) is 3. The van der Waals surface area contributed by atoms with Crippen LogP contribution in [0.2, 0.25) is 0 Å². The molecule has 2 unspecified atom stereocenters. The lowest BCUT2D eigenvalue weighted by Gasteiger charge is -2.27. The highest BCUT2D eigenvalue weighted by molar-refractivity contribution is 7.17. The number of benzene rings is 1. The van der Waals surface area contributed by atoms with E-state index in [-0.39, 0.29) is 5.69 Å². The molecular formula is C23H23F3N2O5S. The highest BCUT2D eigenvalue weighted by atomic mass is 32.1. The standard InChI is InChI=1S/C23H23F3N2O5S/c24-23(25,26)33-13-10-8-12(9-11-13)27-20(30)18-16-6-3-7-17(16)34-21(18)28-19(29)14-4-1-2-5-15(14)22(31)32/h8-11,14-15H,1-7H2,(H,27,30)(H,28,29)(H,31,32). The minimum absolute atomic E-state index is 0.271. The molecule has 1 aromatic carbocycles. The van der Waals surface area contributed by atoms with Crippen molar-refractivity contribution in [1.29, 1.82) is 0 Å². The van der Waals surface area contributed by atoms with Crippen LogP contribution in [-0.4, -0.2) is 29.3 Å². The van der Waals surface area contributed by atoms with Crippen molar-refractivity contribution in [2.75, 3.05) is 10.6 Å². The number of ether oxygens (including phenoxy) is 1. The van der Waals surface area contributed by atoms with Gasteiger partial charge in [0.1, 0.15) is 10.8 Å². The lowest BCUT2D eigenvalue weighted by Crippen LogP contribution is -2.36. The second kappa shape index (κ2) is 9.65. The number of carboxylic acid groups (broad SMARTS) is 1. The van der Waals surface area contributed by atoms with Gasteiger partial charge in [-0.1, -0.05) is 12.8 Å². The minimum Gasteiger partial charge on any atom is -0.481 e. The van der Waals surface area contributed by atoms with Crippen LogP contribution in [0.5, 0.6) is 5.75 Å². The topological polar surface area (TPSA) is 105 Å². The number of halogens is 3. The van der Waals surface area contributed by atoms with Gasteiger partial charge < -0.3 is 20.5 Å². The van der Waals surface area contributed by atoms with Crippen LogP contribution in [-0.2, 0) is 22.4 Å². The maximum absolute atomic E-state index is 13.1. The molecule has 0 radical (unpaired) electrons. The van der Waals surface area contributed by atoms with Crippen molar-refractivity contribution in [1.82, 2.24) is 0 Å². The zero-order chi connectivity index (χ0) is 24.5. The Balaban J connectivity index is 1.52. The molecule has 0 saturated heterocycles. The first-order valence-electron chi connectivity index (χ1n) is 11.0. The maximum atomic E-state index is 13.1. The molecule has 0 aliphatic heterocycles. The van der Waals surface area contributed by atoms with Gasteiger partial charge >= 0.3 is 12.3 Å². The second-order valence-electron chi connectivity index (χ2n) is 8.41. The predicted octanol–water partition coefficient (Wildman–Crippen LogP) is 5.22. The molecule has 2 aromatic rings. The monoisotopic (exact) mass is 496 g/mol. The van der Waals surface area contributed by atoms with E-state index >= 15 is 0 Å². The highest BCUT2D eigenvalue weighted by Crippen LogP contribution is 2.40. The molecule has 2 aliphatic rings. The molecule has 11 heteroatoms. The van der Waals surface area contributed by atoms with Gasteiger partial charge in [-0.15, -0.1) is 24.5 Å². The van der Waals surface area contributed by atoms with Crippen LogP contribution in [0, 0.1) is 11.8 Å². The third kappa shape index (κ3) is 5.35. The van der Waals surface area contributed by atoms with Gasteiger partial charge in [0.05, 0.1) is 17.4 Å². The molecule has 3 N–H and O–H groups in total. The molecule has 0 spiro atoms. The van der Waals surface area contributed by atoms with Crippen LogP contribution in [0.3, 0.4) is 0 Å². The smallest absolute Gasteiger partial charge is 0.481 e. The molecule has 2 amide bonds. The van der Waals surface area contributed by atoms with Gasteiger partial charge in [-0.25, -0.2) is 0 Å². The lowest BCUT2D eigenvalue weighted by atomic mass is 9.79. The van der Waals surface area contributed by atoms with Crippen LogP contribution in [0.1, 0.15) is 52.9 Å². The second-order valence-corrected chi connectivity index (χ2v) is 9.52. The summed E-state index contributed by atoms with van der Waals surface area (Å²) in [7, 11) is 0. The van der Waals surface area contributed by atoms with Crippen molar-refractivity contribution in [2.24, 2.45) is 11.8 Å². The van der Waals surface area contributed by atoms with Crippen molar-refractivity contribution < 1.29 is 37.4 Å². The Labute approximate surface area is 197 Å². The number of alkyl halides is 3. The molecule has 1 saturated carbocycles. The van der Waals surface area contributed by atoms with Crippen molar-refractivity contribution in [3.8, 4) is 5.75 Å². The minimum atomic E-state index is -4.81. The molecule has 4 rings (SSSR count). The van der Waals surface area contributed by atoms with Crippen LogP contribution < -0.4 is 15.4 Å². The van der Waals surface area contributed by atoms with Crippen LogP contribution in [0.4, 0.5) is 23.9 Å². The Kier molecular flexibility index (Phi) is 6.83. The van der Waals surface area contributed by atoms with E-state index in [1.54, 1.807) is 0 Å². The molecule has 1 heterocycles. The number of aliphatic carboxylic acids is 1. The number of hydrogen-bond acceptors (Lipinski definition) is 5. The average Bonchev–Trinajstić information content (AvgIpc) is 3.34. The number of carboxylic acids is 1. The van der Waals surface area contributed by atoms with Crippen LogP contribution in [0.25, 0.3) is 0 Å². The third-order valence-electron chi connectivity index (χ3n) is 6.15. The van der Waals surface area contributed by atoms with Crippen molar-refractivity contribution in [3.05, 3.63) is 40.3 Å². The Morgan fingerprint density at radius 1 is 0.971 bits per heavy atom. The van der Waals surface area contributed by atoms with Gasteiger partial charge in [-0.05, 0) is 61.9 Å². The Morgan fingerprint density at radius 2 is 1.65 bits per heavy atom. The molecule has 1 fully saturated rings. The molecule has 7 nitrogen and oxygen atoms in total. The van der Waals surface area contributed by atoms with Gasteiger partial charge in [0.2, 0.25) is 5.91 Å². The number of nitrogens with one attached hydrogen (secondary N) is 2. The zero-order valence-corrected chi connectivity index (χ0v) is 18.9. The third-order valence-corrected chi connectivity index (χ3v) is 7.36. The molecule has 2 aliphatic carbocycles. The normalized spacial score (nSPS) is 19.9. The fourth-order valence-corrected chi connectivity index (χ4v) is 5.90. The molecule has 0 bridgehead atoms. The SMILES string of the molecule is O=C(Nc1ccc(OC(F)(F)F)cc1)c1c(NC(=O)C2CCCCC2C(=O)O)sc2c1CCC2. The number of aryl methyl sites for hydroxylation is 1. The summed E-state index contributed by atoms with van der Waals surface area (Å²) < 4.78 is 40.9. The Morgan fingerprint density at radius 3 is 2.29 bits per heavy atom. The number of carbonyl (C=O) groups excluding carboxylic acids is 2. The van der Waals surface area contributed by atoms with Crippen LogP contribution in [0.15, 0.2) is 24.3 Å². The highest BCUT2D eigenvalue weighted by Gasteiger charge is 2.37. The van der Waals surface area contributed by atoms with E-state index in [1.165, 1.54) is 23.5 Å². The van der Waals surface area contributed by atoms with E-state index < -0.39 is 41.7 Å². The number of anilines is 2. The number of thiophene rings is 1. The Hall–Kier alpha value is -3.08. The predicted molar refractivity (Wildman–Crippen MR) is 119 cm³/mol. The first-order chi connectivity index (χ1) is 16.1.